The van der Waals surface area contributed by atoms with Gasteiger partial charge in [-0.25, -0.2) is 4.79 Å². The maximum Gasteiger partial charge on any atom is 0.338 e. The highest BCUT2D eigenvalue weighted by Gasteiger charge is 2.35. The van der Waals surface area contributed by atoms with Crippen molar-refractivity contribution in [1.29, 1.82) is 0 Å². The van der Waals surface area contributed by atoms with Crippen LogP contribution in [0.25, 0.3) is 0 Å². The van der Waals surface area contributed by atoms with Crippen LogP contribution in [0.3, 0.4) is 0 Å². The second-order valence-corrected chi connectivity index (χ2v) is 5.12. The van der Waals surface area contributed by atoms with Crippen LogP contribution in [-0.2, 0) is 9.53 Å². The van der Waals surface area contributed by atoms with Crippen LogP contribution < -0.4 is 14.8 Å². The van der Waals surface area contributed by atoms with Gasteiger partial charge in [0.2, 0.25) is 5.95 Å². The fraction of sp³-hybridized carbons (Fsp3) is 0.333. The number of allylic oxidation sites excluding steroid dienone is 1. The lowest BCUT2D eigenvalue weighted by atomic mass is 9.95. The second-order valence-electron chi connectivity index (χ2n) is 5.12. The molecule has 9 heteroatoms. The zero-order valence-electron chi connectivity index (χ0n) is 13.7. The fourth-order valence-corrected chi connectivity index (χ4v) is 2.72. The molecule has 1 atom stereocenters. The molecule has 0 bridgehead atoms. The lowest BCUT2D eigenvalue weighted by molar-refractivity contribution is -0.136. The van der Waals surface area contributed by atoms with E-state index in [0.29, 0.717) is 28.7 Å². The number of hydrogen-bond acceptors (Lipinski definition) is 8. The first kappa shape index (κ1) is 15.8. The number of methoxy groups -OCH3 is 3. The van der Waals surface area contributed by atoms with E-state index in [2.05, 4.69) is 20.8 Å². The smallest absolute Gasteiger partial charge is 0.338 e. The number of tetrazole rings is 1. The van der Waals surface area contributed by atoms with Gasteiger partial charge in [-0.2, -0.15) is 4.68 Å². The largest absolute Gasteiger partial charge is 0.493 e. The van der Waals surface area contributed by atoms with Gasteiger partial charge in [0.25, 0.3) is 0 Å². The highest BCUT2D eigenvalue weighted by Crippen LogP contribution is 2.38. The SMILES string of the molecule is COC(=O)C1=C(C)Nc2nnnn2[C@@H]1c1ccc(OC)c(OC)c1. The minimum Gasteiger partial charge on any atom is -0.493 e. The minimum absolute atomic E-state index is 0.421. The van der Waals surface area contributed by atoms with Crippen molar-refractivity contribution < 1.29 is 19.0 Å². The Balaban J connectivity index is 2.18. The Morgan fingerprint density at radius 1 is 1.21 bits per heavy atom. The van der Waals surface area contributed by atoms with E-state index in [0.717, 1.165) is 5.56 Å². The predicted octanol–water partition coefficient (Wildman–Crippen LogP) is 1.15. The Labute approximate surface area is 138 Å². The Kier molecular flexibility index (Phi) is 4.07. The number of anilines is 1. The number of rotatable bonds is 4. The molecule has 2 aromatic rings. The van der Waals surface area contributed by atoms with Crippen molar-refractivity contribution in [2.45, 2.75) is 13.0 Å². The summed E-state index contributed by atoms with van der Waals surface area (Å²) in [5.41, 5.74) is 1.82. The fourth-order valence-electron chi connectivity index (χ4n) is 2.72. The lowest BCUT2D eigenvalue weighted by Crippen LogP contribution is -2.29. The topological polar surface area (TPSA) is 100 Å². The monoisotopic (exact) mass is 331 g/mol. The van der Waals surface area contributed by atoms with Gasteiger partial charge in [0, 0.05) is 5.70 Å². The van der Waals surface area contributed by atoms with Crippen LogP contribution in [0, 0.1) is 0 Å². The van der Waals surface area contributed by atoms with Crippen LogP contribution in [-0.4, -0.2) is 47.5 Å². The summed E-state index contributed by atoms with van der Waals surface area (Å²) in [5, 5.41) is 14.6. The molecular formula is C15H17N5O4. The highest BCUT2D eigenvalue weighted by atomic mass is 16.5. The van der Waals surface area contributed by atoms with Gasteiger partial charge in [0.15, 0.2) is 11.5 Å². The van der Waals surface area contributed by atoms with Crippen molar-refractivity contribution in [2.75, 3.05) is 26.6 Å². The number of nitrogens with one attached hydrogen (secondary N) is 1. The molecule has 0 radical (unpaired) electrons. The minimum atomic E-state index is -0.538. The number of ether oxygens (including phenoxy) is 3. The van der Waals surface area contributed by atoms with Crippen LogP contribution in [0.1, 0.15) is 18.5 Å². The molecule has 3 rings (SSSR count). The van der Waals surface area contributed by atoms with Crippen LogP contribution >= 0.6 is 0 Å². The van der Waals surface area contributed by atoms with Crippen molar-refractivity contribution in [1.82, 2.24) is 20.2 Å². The first-order valence-electron chi connectivity index (χ1n) is 7.16. The number of hydrogen-bond donors (Lipinski definition) is 1. The molecular weight excluding hydrogens is 314 g/mol. The van der Waals surface area contributed by atoms with E-state index < -0.39 is 12.0 Å². The molecule has 1 aliphatic rings. The molecule has 2 heterocycles. The Hall–Kier alpha value is -3.10. The van der Waals surface area contributed by atoms with E-state index in [9.17, 15) is 4.79 Å². The summed E-state index contributed by atoms with van der Waals surface area (Å²) in [7, 11) is 4.45. The molecule has 1 N–H and O–H groups in total. The number of benzene rings is 1. The standard InChI is InChI=1S/C15H17N5O4/c1-8-12(14(21)24-4)13(20-15(16-8)17-18-19-20)9-5-6-10(22-2)11(7-9)23-3/h5-7,13H,1-4H3,(H,16,17,19)/t13-/m1/s1. The quantitative estimate of drug-likeness (QED) is 0.833. The van der Waals surface area contributed by atoms with Gasteiger partial charge < -0.3 is 19.5 Å². The molecule has 1 aromatic carbocycles. The maximum atomic E-state index is 12.3. The summed E-state index contributed by atoms with van der Waals surface area (Å²) >= 11 is 0. The van der Waals surface area contributed by atoms with Crippen molar-refractivity contribution in [2.24, 2.45) is 0 Å². The second kappa shape index (κ2) is 6.19. The molecule has 0 saturated carbocycles. The Bertz CT molecular complexity index is 814. The summed E-state index contributed by atoms with van der Waals surface area (Å²) in [6.45, 7) is 1.78. The number of carbonyl (C=O) groups is 1. The van der Waals surface area contributed by atoms with Gasteiger partial charge in [-0.15, -0.1) is 0 Å². The predicted molar refractivity (Wildman–Crippen MR) is 83.8 cm³/mol. The first-order valence-corrected chi connectivity index (χ1v) is 7.16. The molecule has 9 nitrogen and oxygen atoms in total. The molecule has 0 aliphatic carbocycles. The first-order chi connectivity index (χ1) is 11.6. The molecule has 0 fully saturated rings. The maximum absolute atomic E-state index is 12.3. The third-order valence-electron chi connectivity index (χ3n) is 3.84. The summed E-state index contributed by atoms with van der Waals surface area (Å²) in [4.78, 5) is 12.3. The summed E-state index contributed by atoms with van der Waals surface area (Å²) in [6, 6.07) is 4.85. The van der Waals surface area contributed by atoms with Crippen molar-refractivity contribution >= 4 is 11.9 Å². The molecule has 0 amide bonds. The summed E-state index contributed by atoms with van der Waals surface area (Å²) in [6.07, 6.45) is 0. The number of carbonyl (C=O) groups excluding carboxylic acids is 1. The summed E-state index contributed by atoms with van der Waals surface area (Å²) < 4.78 is 17.1. The zero-order valence-corrected chi connectivity index (χ0v) is 13.7. The number of fused-ring (bicyclic) bond motifs is 1. The Morgan fingerprint density at radius 3 is 2.62 bits per heavy atom. The van der Waals surface area contributed by atoms with Gasteiger partial charge in [-0.05, 0) is 35.0 Å². The number of nitrogens with zero attached hydrogens (tertiary/aromatic N) is 4. The highest BCUT2D eigenvalue weighted by molar-refractivity contribution is 5.92. The number of aromatic nitrogens is 4. The molecule has 24 heavy (non-hydrogen) atoms. The van der Waals surface area contributed by atoms with Gasteiger partial charge in [-0.3, -0.25) is 0 Å². The molecule has 126 valence electrons. The molecule has 0 unspecified atom stereocenters. The molecule has 0 saturated heterocycles. The molecule has 1 aliphatic heterocycles. The summed E-state index contributed by atoms with van der Waals surface area (Å²) in [5.74, 6) is 1.12. The van der Waals surface area contributed by atoms with E-state index in [1.807, 2.05) is 6.07 Å². The average Bonchev–Trinajstić information content (AvgIpc) is 3.07. The third-order valence-corrected chi connectivity index (χ3v) is 3.84. The lowest BCUT2D eigenvalue weighted by Gasteiger charge is -2.27. The third kappa shape index (κ3) is 2.43. The average molecular weight is 331 g/mol. The van der Waals surface area contributed by atoms with Gasteiger partial charge >= 0.3 is 5.97 Å². The van der Waals surface area contributed by atoms with E-state index >= 15 is 0 Å². The molecule has 0 spiro atoms. The van der Waals surface area contributed by atoms with Crippen LogP contribution in [0.4, 0.5) is 5.95 Å². The van der Waals surface area contributed by atoms with E-state index in [4.69, 9.17) is 14.2 Å². The van der Waals surface area contributed by atoms with E-state index in [-0.39, 0.29) is 0 Å². The Morgan fingerprint density at radius 2 is 1.96 bits per heavy atom. The van der Waals surface area contributed by atoms with Crippen molar-refractivity contribution in [3.63, 3.8) is 0 Å². The van der Waals surface area contributed by atoms with Crippen LogP contribution in [0.2, 0.25) is 0 Å². The van der Waals surface area contributed by atoms with Crippen molar-refractivity contribution in [3.05, 3.63) is 35.0 Å². The zero-order chi connectivity index (χ0) is 17.3. The van der Waals surface area contributed by atoms with Gasteiger partial charge in [0.05, 0.1) is 26.9 Å². The van der Waals surface area contributed by atoms with Gasteiger partial charge in [0.1, 0.15) is 6.04 Å². The van der Waals surface area contributed by atoms with Gasteiger partial charge in [-0.1, -0.05) is 11.2 Å². The van der Waals surface area contributed by atoms with Crippen LogP contribution in [0.15, 0.2) is 29.5 Å². The van der Waals surface area contributed by atoms with Crippen molar-refractivity contribution in [3.8, 4) is 11.5 Å². The van der Waals surface area contributed by atoms with E-state index in [1.54, 1.807) is 33.3 Å². The number of esters is 1. The normalized spacial score (nSPS) is 16.2. The molecule has 1 aromatic heterocycles. The van der Waals surface area contributed by atoms with Crippen LogP contribution in [0.5, 0.6) is 11.5 Å². The van der Waals surface area contributed by atoms with E-state index in [1.165, 1.54) is 11.8 Å².